The van der Waals surface area contributed by atoms with Gasteiger partial charge < -0.3 is 5.73 Å². The third-order valence-corrected chi connectivity index (χ3v) is 5.79. The molecule has 0 amide bonds. The van der Waals surface area contributed by atoms with E-state index in [9.17, 15) is 0 Å². The van der Waals surface area contributed by atoms with E-state index in [0.29, 0.717) is 6.04 Å². The SMILES string of the molecule is CN(Cc1ccc(Br)cc1)C1(CN)CCN2CCCC21. The number of hydrogen-bond acceptors (Lipinski definition) is 3. The third kappa shape index (κ3) is 2.43. The smallest absolute Gasteiger partial charge is 0.0499 e. The Balaban J connectivity index is 1.77. The maximum Gasteiger partial charge on any atom is 0.0499 e. The highest BCUT2D eigenvalue weighted by Gasteiger charge is 2.50. The molecule has 2 saturated heterocycles. The first-order chi connectivity index (χ1) is 9.65. The molecule has 2 unspecified atom stereocenters. The lowest BCUT2D eigenvalue weighted by Gasteiger charge is -2.42. The number of halogens is 1. The molecule has 110 valence electrons. The zero-order valence-corrected chi connectivity index (χ0v) is 13.8. The quantitative estimate of drug-likeness (QED) is 0.915. The lowest BCUT2D eigenvalue weighted by molar-refractivity contribution is 0.0841. The Morgan fingerprint density at radius 2 is 2.10 bits per heavy atom. The summed E-state index contributed by atoms with van der Waals surface area (Å²) in [6.45, 7) is 4.22. The molecule has 2 aliphatic rings. The van der Waals surface area contributed by atoms with Crippen molar-refractivity contribution in [3.8, 4) is 0 Å². The normalized spacial score (nSPS) is 30.1. The molecule has 2 atom stereocenters. The maximum absolute atomic E-state index is 6.23. The van der Waals surface area contributed by atoms with E-state index in [1.54, 1.807) is 0 Å². The van der Waals surface area contributed by atoms with Crippen LogP contribution in [-0.2, 0) is 6.54 Å². The van der Waals surface area contributed by atoms with Gasteiger partial charge in [-0.2, -0.15) is 0 Å². The monoisotopic (exact) mass is 337 g/mol. The second kappa shape index (κ2) is 5.76. The highest BCUT2D eigenvalue weighted by molar-refractivity contribution is 9.10. The molecule has 1 aromatic rings. The standard InChI is InChI=1S/C16H24BrN3/c1-19(11-13-4-6-14(17)7-5-13)16(12-18)8-10-20-9-2-3-15(16)20/h4-7,15H,2-3,8-12,18H2,1H3. The van der Waals surface area contributed by atoms with Crippen LogP contribution in [-0.4, -0.2) is 48.1 Å². The highest BCUT2D eigenvalue weighted by atomic mass is 79.9. The summed E-state index contributed by atoms with van der Waals surface area (Å²) in [7, 11) is 2.25. The average molecular weight is 338 g/mol. The minimum Gasteiger partial charge on any atom is -0.329 e. The number of fused-ring (bicyclic) bond motifs is 1. The largest absolute Gasteiger partial charge is 0.329 e. The molecule has 1 aromatic carbocycles. The first-order valence-corrected chi connectivity index (χ1v) is 8.35. The first-order valence-electron chi connectivity index (χ1n) is 7.55. The van der Waals surface area contributed by atoms with Crippen LogP contribution in [0.2, 0.25) is 0 Å². The number of hydrogen-bond donors (Lipinski definition) is 1. The lowest BCUT2D eigenvalue weighted by Crippen LogP contribution is -2.58. The minimum absolute atomic E-state index is 0.170. The van der Waals surface area contributed by atoms with E-state index in [1.165, 1.54) is 37.9 Å². The van der Waals surface area contributed by atoms with Gasteiger partial charge in [0.1, 0.15) is 0 Å². The summed E-state index contributed by atoms with van der Waals surface area (Å²) in [6.07, 6.45) is 3.85. The van der Waals surface area contributed by atoms with Crippen molar-refractivity contribution in [3.05, 3.63) is 34.3 Å². The molecule has 20 heavy (non-hydrogen) atoms. The average Bonchev–Trinajstić information content (AvgIpc) is 3.03. The summed E-state index contributed by atoms with van der Waals surface area (Å²) < 4.78 is 1.14. The van der Waals surface area contributed by atoms with Crippen molar-refractivity contribution in [1.82, 2.24) is 9.80 Å². The fourth-order valence-electron chi connectivity index (χ4n) is 4.07. The van der Waals surface area contributed by atoms with Gasteiger partial charge in [0.15, 0.2) is 0 Å². The minimum atomic E-state index is 0.170. The molecule has 2 heterocycles. The van der Waals surface area contributed by atoms with Crippen molar-refractivity contribution < 1.29 is 0 Å². The summed E-state index contributed by atoms with van der Waals surface area (Å²) in [5.41, 5.74) is 7.76. The molecule has 0 aromatic heterocycles. The molecule has 2 fully saturated rings. The van der Waals surface area contributed by atoms with Crippen molar-refractivity contribution in [1.29, 1.82) is 0 Å². The molecule has 3 nitrogen and oxygen atoms in total. The summed E-state index contributed by atoms with van der Waals surface area (Å²) in [5, 5.41) is 0. The van der Waals surface area contributed by atoms with Gasteiger partial charge in [-0.1, -0.05) is 28.1 Å². The Morgan fingerprint density at radius 3 is 2.80 bits per heavy atom. The number of nitrogens with zero attached hydrogens (tertiary/aromatic N) is 2. The highest BCUT2D eigenvalue weighted by Crippen LogP contribution is 2.39. The predicted octanol–water partition coefficient (Wildman–Crippen LogP) is 2.45. The Bertz CT molecular complexity index is 461. The number of rotatable bonds is 4. The van der Waals surface area contributed by atoms with Gasteiger partial charge in [0.05, 0.1) is 0 Å². The Hall–Kier alpha value is -0.420. The molecule has 0 saturated carbocycles. The zero-order valence-electron chi connectivity index (χ0n) is 12.2. The van der Waals surface area contributed by atoms with Crippen molar-refractivity contribution in [3.63, 3.8) is 0 Å². The van der Waals surface area contributed by atoms with E-state index >= 15 is 0 Å². The molecule has 0 aliphatic carbocycles. The van der Waals surface area contributed by atoms with Gasteiger partial charge in [-0.15, -0.1) is 0 Å². The summed E-state index contributed by atoms with van der Waals surface area (Å²) >= 11 is 3.50. The number of nitrogens with two attached hydrogens (primary N) is 1. The van der Waals surface area contributed by atoms with Crippen LogP contribution in [0.25, 0.3) is 0 Å². The van der Waals surface area contributed by atoms with Gasteiger partial charge in [-0.05, 0) is 50.6 Å². The van der Waals surface area contributed by atoms with E-state index in [4.69, 9.17) is 5.73 Å². The Labute approximate surface area is 130 Å². The summed E-state index contributed by atoms with van der Waals surface area (Å²) in [5.74, 6) is 0. The second-order valence-corrected chi connectivity index (χ2v) is 7.15. The third-order valence-electron chi connectivity index (χ3n) is 5.26. The molecular formula is C16H24BrN3. The van der Waals surface area contributed by atoms with Crippen LogP contribution >= 0.6 is 15.9 Å². The van der Waals surface area contributed by atoms with E-state index in [0.717, 1.165) is 17.6 Å². The molecule has 0 radical (unpaired) electrons. The number of benzene rings is 1. The fourth-order valence-corrected chi connectivity index (χ4v) is 4.33. The van der Waals surface area contributed by atoms with Gasteiger partial charge in [0, 0.05) is 35.7 Å². The molecule has 3 rings (SSSR count). The molecule has 0 bridgehead atoms. The van der Waals surface area contributed by atoms with Gasteiger partial charge in [-0.25, -0.2) is 0 Å². The Kier molecular flexibility index (Phi) is 4.18. The second-order valence-electron chi connectivity index (χ2n) is 6.23. The van der Waals surface area contributed by atoms with Crippen molar-refractivity contribution in [2.45, 2.75) is 37.4 Å². The van der Waals surface area contributed by atoms with Crippen LogP contribution < -0.4 is 5.73 Å². The van der Waals surface area contributed by atoms with Crippen LogP contribution in [0.3, 0.4) is 0 Å². The Morgan fingerprint density at radius 1 is 1.35 bits per heavy atom. The lowest BCUT2D eigenvalue weighted by atomic mass is 9.86. The van der Waals surface area contributed by atoms with Crippen LogP contribution in [0, 0.1) is 0 Å². The first kappa shape index (κ1) is 14.5. The van der Waals surface area contributed by atoms with Gasteiger partial charge in [-0.3, -0.25) is 9.80 Å². The summed E-state index contributed by atoms with van der Waals surface area (Å²) in [6, 6.07) is 9.30. The van der Waals surface area contributed by atoms with Crippen LogP contribution in [0.1, 0.15) is 24.8 Å². The van der Waals surface area contributed by atoms with E-state index in [-0.39, 0.29) is 5.54 Å². The van der Waals surface area contributed by atoms with Crippen LogP contribution in [0.5, 0.6) is 0 Å². The molecular weight excluding hydrogens is 314 g/mol. The summed E-state index contributed by atoms with van der Waals surface area (Å²) in [4.78, 5) is 5.15. The predicted molar refractivity (Wildman–Crippen MR) is 86.6 cm³/mol. The van der Waals surface area contributed by atoms with E-state index in [1.807, 2.05) is 0 Å². The maximum atomic E-state index is 6.23. The molecule has 0 spiro atoms. The van der Waals surface area contributed by atoms with Crippen molar-refractivity contribution in [2.24, 2.45) is 5.73 Å². The van der Waals surface area contributed by atoms with Crippen molar-refractivity contribution in [2.75, 3.05) is 26.7 Å². The van der Waals surface area contributed by atoms with E-state index in [2.05, 4.69) is 57.0 Å². The van der Waals surface area contributed by atoms with Crippen LogP contribution in [0.4, 0.5) is 0 Å². The van der Waals surface area contributed by atoms with Gasteiger partial charge in [0.2, 0.25) is 0 Å². The van der Waals surface area contributed by atoms with Gasteiger partial charge in [0.25, 0.3) is 0 Å². The van der Waals surface area contributed by atoms with Crippen LogP contribution in [0.15, 0.2) is 28.7 Å². The molecule has 4 heteroatoms. The molecule has 2 N–H and O–H groups in total. The van der Waals surface area contributed by atoms with Crippen molar-refractivity contribution >= 4 is 15.9 Å². The van der Waals surface area contributed by atoms with Gasteiger partial charge >= 0.3 is 0 Å². The fraction of sp³-hybridized carbons (Fsp3) is 0.625. The zero-order chi connectivity index (χ0) is 14.2. The molecule has 2 aliphatic heterocycles. The number of likely N-dealkylation sites (N-methyl/N-ethyl adjacent to an activating group) is 1. The topological polar surface area (TPSA) is 32.5 Å². The van der Waals surface area contributed by atoms with E-state index < -0.39 is 0 Å².